The molecule has 0 unspecified atom stereocenters. The molecule has 0 spiro atoms. The summed E-state index contributed by atoms with van der Waals surface area (Å²) in [7, 11) is 0. The van der Waals surface area contributed by atoms with Crippen LogP contribution in [0.4, 0.5) is 0 Å². The monoisotopic (exact) mass is 256 g/mol. The number of halogens is 1. The third-order valence-electron chi connectivity index (χ3n) is 2.55. The van der Waals surface area contributed by atoms with Gasteiger partial charge in [0.1, 0.15) is 0 Å². The summed E-state index contributed by atoms with van der Waals surface area (Å²) in [5, 5.41) is 12.8. The lowest BCUT2D eigenvalue weighted by molar-refractivity contribution is 0.814. The quantitative estimate of drug-likeness (QED) is 0.708. The summed E-state index contributed by atoms with van der Waals surface area (Å²) in [6.07, 6.45) is 5.33. The highest BCUT2D eigenvalue weighted by atomic mass is 35.5. The van der Waals surface area contributed by atoms with E-state index in [-0.39, 0.29) is 0 Å². The highest BCUT2D eigenvalue weighted by Crippen LogP contribution is 2.21. The van der Waals surface area contributed by atoms with Crippen LogP contribution in [0.15, 0.2) is 55.0 Å². The smallest absolute Gasteiger partial charge is 0.175 e. The van der Waals surface area contributed by atoms with Gasteiger partial charge in [0, 0.05) is 23.0 Å². The summed E-state index contributed by atoms with van der Waals surface area (Å²) in [6.45, 7) is 0. The van der Waals surface area contributed by atoms with Gasteiger partial charge in [0.05, 0.1) is 6.20 Å². The molecule has 0 aliphatic heterocycles. The van der Waals surface area contributed by atoms with Gasteiger partial charge in [0.15, 0.2) is 5.82 Å². The van der Waals surface area contributed by atoms with Gasteiger partial charge in [0.2, 0.25) is 0 Å². The highest BCUT2D eigenvalue weighted by Gasteiger charge is 2.04. The maximum Gasteiger partial charge on any atom is 0.175 e. The molecule has 0 bridgehead atoms. The molecule has 0 fully saturated rings. The fraction of sp³-hybridized carbons (Fsp3) is 0. The van der Waals surface area contributed by atoms with Gasteiger partial charge in [-0.2, -0.15) is 10.2 Å². The molecule has 18 heavy (non-hydrogen) atoms. The van der Waals surface area contributed by atoms with Crippen LogP contribution in [-0.2, 0) is 0 Å². The zero-order valence-electron chi connectivity index (χ0n) is 9.36. The summed E-state index contributed by atoms with van der Waals surface area (Å²) >= 11 is 5.86. The van der Waals surface area contributed by atoms with Crippen LogP contribution in [0.25, 0.3) is 16.9 Å². The first-order chi connectivity index (χ1) is 8.83. The van der Waals surface area contributed by atoms with Gasteiger partial charge < -0.3 is 0 Å². The predicted molar refractivity (Wildman–Crippen MR) is 69.6 cm³/mol. The van der Waals surface area contributed by atoms with Crippen molar-refractivity contribution in [3.8, 4) is 16.9 Å². The van der Waals surface area contributed by atoms with Crippen molar-refractivity contribution in [1.82, 2.24) is 20.0 Å². The van der Waals surface area contributed by atoms with Gasteiger partial charge >= 0.3 is 0 Å². The molecule has 3 rings (SSSR count). The van der Waals surface area contributed by atoms with Crippen molar-refractivity contribution in [2.75, 3.05) is 0 Å². The standard InChI is InChI=1S/C13H9ClN4/c14-12-5-3-10(4-6-12)11-8-16-18(9-11)13-2-1-7-15-17-13/h1-9H. The van der Waals surface area contributed by atoms with Crippen molar-refractivity contribution in [3.05, 3.63) is 60.0 Å². The van der Waals surface area contributed by atoms with E-state index in [1.54, 1.807) is 17.1 Å². The van der Waals surface area contributed by atoms with Crippen LogP contribution in [0.5, 0.6) is 0 Å². The summed E-state index contributed by atoms with van der Waals surface area (Å²) in [4.78, 5) is 0. The third kappa shape index (κ3) is 2.10. The van der Waals surface area contributed by atoms with Crippen LogP contribution >= 0.6 is 11.6 Å². The zero-order chi connectivity index (χ0) is 12.4. The van der Waals surface area contributed by atoms with Crippen LogP contribution in [0.1, 0.15) is 0 Å². The van der Waals surface area contributed by atoms with E-state index in [9.17, 15) is 0 Å². The number of hydrogen-bond acceptors (Lipinski definition) is 3. The van der Waals surface area contributed by atoms with Crippen molar-refractivity contribution in [2.24, 2.45) is 0 Å². The second kappa shape index (κ2) is 4.58. The molecule has 2 aromatic heterocycles. The minimum atomic E-state index is 0.692. The summed E-state index contributed by atoms with van der Waals surface area (Å²) in [5.41, 5.74) is 2.08. The Kier molecular flexibility index (Phi) is 2.78. The van der Waals surface area contributed by atoms with E-state index in [0.29, 0.717) is 5.82 Å². The van der Waals surface area contributed by atoms with Gasteiger partial charge in [-0.1, -0.05) is 23.7 Å². The second-order valence-corrected chi connectivity index (χ2v) is 4.20. The molecule has 0 saturated carbocycles. The van der Waals surface area contributed by atoms with Crippen molar-refractivity contribution in [1.29, 1.82) is 0 Å². The fourth-order valence-corrected chi connectivity index (χ4v) is 1.78. The van der Waals surface area contributed by atoms with Crippen molar-refractivity contribution in [2.45, 2.75) is 0 Å². The van der Waals surface area contributed by atoms with E-state index in [4.69, 9.17) is 11.6 Å². The van der Waals surface area contributed by atoms with Crippen LogP contribution < -0.4 is 0 Å². The molecular weight excluding hydrogens is 248 g/mol. The van der Waals surface area contributed by atoms with Crippen LogP contribution in [0.3, 0.4) is 0 Å². The Balaban J connectivity index is 1.97. The first-order valence-corrected chi connectivity index (χ1v) is 5.79. The van der Waals surface area contributed by atoms with E-state index in [0.717, 1.165) is 16.1 Å². The second-order valence-electron chi connectivity index (χ2n) is 3.76. The average Bonchev–Trinajstić information content (AvgIpc) is 2.90. The number of rotatable bonds is 2. The lowest BCUT2D eigenvalue weighted by atomic mass is 10.1. The lowest BCUT2D eigenvalue weighted by Gasteiger charge is -1.98. The minimum Gasteiger partial charge on any atom is -0.220 e. The van der Waals surface area contributed by atoms with Gasteiger partial charge in [-0.05, 0) is 29.8 Å². The number of hydrogen-bond donors (Lipinski definition) is 0. The van der Waals surface area contributed by atoms with Gasteiger partial charge in [0.25, 0.3) is 0 Å². The van der Waals surface area contributed by atoms with E-state index in [1.165, 1.54) is 0 Å². The third-order valence-corrected chi connectivity index (χ3v) is 2.81. The molecular formula is C13H9ClN4. The molecule has 1 aromatic carbocycles. The van der Waals surface area contributed by atoms with E-state index in [2.05, 4.69) is 15.3 Å². The normalized spacial score (nSPS) is 10.5. The van der Waals surface area contributed by atoms with Crippen LogP contribution in [-0.4, -0.2) is 20.0 Å². The topological polar surface area (TPSA) is 43.6 Å². The first kappa shape index (κ1) is 10.9. The Morgan fingerprint density at radius 3 is 2.56 bits per heavy atom. The van der Waals surface area contributed by atoms with Crippen molar-refractivity contribution in [3.63, 3.8) is 0 Å². The molecule has 88 valence electrons. The molecule has 0 N–H and O–H groups in total. The molecule has 0 atom stereocenters. The van der Waals surface area contributed by atoms with Gasteiger partial charge in [-0.15, -0.1) is 5.10 Å². The molecule has 4 nitrogen and oxygen atoms in total. The highest BCUT2D eigenvalue weighted by molar-refractivity contribution is 6.30. The fourth-order valence-electron chi connectivity index (χ4n) is 1.66. The molecule has 0 saturated heterocycles. The Bertz CT molecular complexity index is 646. The molecule has 0 aliphatic rings. The molecule has 0 radical (unpaired) electrons. The summed E-state index contributed by atoms with van der Waals surface area (Å²) in [5.74, 6) is 0.692. The maximum absolute atomic E-state index is 5.86. The van der Waals surface area contributed by atoms with E-state index < -0.39 is 0 Å². The van der Waals surface area contributed by atoms with Crippen LogP contribution in [0, 0.1) is 0 Å². The SMILES string of the molecule is Clc1ccc(-c2cnn(-c3cccnn3)c2)cc1. The number of aromatic nitrogens is 4. The largest absolute Gasteiger partial charge is 0.220 e. The number of benzene rings is 1. The molecule has 5 heteroatoms. The Morgan fingerprint density at radius 2 is 1.83 bits per heavy atom. The number of nitrogens with zero attached hydrogens (tertiary/aromatic N) is 4. The molecule has 3 aromatic rings. The molecule has 0 amide bonds. The Labute approximate surface area is 109 Å². The lowest BCUT2D eigenvalue weighted by Crippen LogP contribution is -1.97. The predicted octanol–water partition coefficient (Wildman–Crippen LogP) is 2.98. The summed E-state index contributed by atoms with van der Waals surface area (Å²) < 4.78 is 1.69. The van der Waals surface area contributed by atoms with Gasteiger partial charge in [-0.25, -0.2) is 4.68 Å². The Morgan fingerprint density at radius 1 is 1.00 bits per heavy atom. The van der Waals surface area contributed by atoms with Crippen molar-refractivity contribution >= 4 is 11.6 Å². The average molecular weight is 257 g/mol. The van der Waals surface area contributed by atoms with Crippen molar-refractivity contribution < 1.29 is 0 Å². The maximum atomic E-state index is 5.86. The van der Waals surface area contributed by atoms with E-state index >= 15 is 0 Å². The molecule has 0 aliphatic carbocycles. The minimum absolute atomic E-state index is 0.692. The summed E-state index contributed by atoms with van der Waals surface area (Å²) in [6, 6.07) is 11.3. The molecule has 2 heterocycles. The first-order valence-electron chi connectivity index (χ1n) is 5.41. The van der Waals surface area contributed by atoms with E-state index in [1.807, 2.05) is 42.6 Å². The zero-order valence-corrected chi connectivity index (χ0v) is 10.1. The van der Waals surface area contributed by atoms with Gasteiger partial charge in [-0.3, -0.25) is 0 Å². The Hall–Kier alpha value is -2.20. The van der Waals surface area contributed by atoms with Crippen LogP contribution in [0.2, 0.25) is 5.02 Å².